The van der Waals surface area contributed by atoms with Crippen molar-refractivity contribution in [3.63, 3.8) is 0 Å². The molecule has 0 atom stereocenters. The molecular formula is C17H17NO2. The van der Waals surface area contributed by atoms with Crippen molar-refractivity contribution in [3.8, 4) is 11.1 Å². The number of Topliss-reactive ketones (excluding diaryl/α,β-unsaturated/α-hetero) is 1. The minimum absolute atomic E-state index is 0.319. The van der Waals surface area contributed by atoms with E-state index >= 15 is 0 Å². The summed E-state index contributed by atoms with van der Waals surface area (Å²) in [4.78, 5) is 22.3. The van der Waals surface area contributed by atoms with Gasteiger partial charge in [0, 0.05) is 5.56 Å². The Kier molecular flexibility index (Phi) is 3.99. The molecule has 0 saturated heterocycles. The number of hydrogen-bond donors (Lipinski definition) is 1. The first-order chi connectivity index (χ1) is 9.49. The quantitative estimate of drug-likeness (QED) is 0.683. The molecule has 2 N–H and O–H groups in total. The molecule has 0 radical (unpaired) electrons. The molecule has 0 bridgehead atoms. The Balaban J connectivity index is 2.26. The van der Waals surface area contributed by atoms with E-state index in [0.29, 0.717) is 11.5 Å². The number of hydrogen-bond acceptors (Lipinski definition) is 2. The van der Waals surface area contributed by atoms with Crippen LogP contribution in [-0.2, 0) is 4.79 Å². The molecule has 0 heterocycles. The molecule has 0 spiro atoms. The Labute approximate surface area is 118 Å². The monoisotopic (exact) mass is 267 g/mol. The lowest BCUT2D eigenvalue weighted by Crippen LogP contribution is -2.22. The van der Waals surface area contributed by atoms with Gasteiger partial charge in [-0.05, 0) is 22.6 Å². The molecule has 102 valence electrons. The zero-order valence-corrected chi connectivity index (χ0v) is 11.6. The summed E-state index contributed by atoms with van der Waals surface area (Å²) in [5, 5.41) is 0. The molecule has 2 aromatic rings. The maximum atomic E-state index is 11.4. The lowest BCUT2D eigenvalue weighted by molar-refractivity contribution is -0.114. The summed E-state index contributed by atoms with van der Waals surface area (Å²) in [6, 6.07) is 15.2. The summed E-state index contributed by atoms with van der Waals surface area (Å²) in [5.41, 5.74) is 8.66. The van der Waals surface area contributed by atoms with Crippen LogP contribution in [0.4, 0.5) is 0 Å². The molecule has 3 nitrogen and oxygen atoms in total. The van der Waals surface area contributed by atoms with Crippen LogP contribution in [-0.4, -0.2) is 11.7 Å². The number of nitrogens with two attached hydrogens (primary N) is 1. The molecule has 0 aliphatic carbocycles. The van der Waals surface area contributed by atoms with Crippen molar-refractivity contribution in [1.29, 1.82) is 0 Å². The van der Waals surface area contributed by atoms with Crippen molar-refractivity contribution < 1.29 is 9.59 Å². The van der Waals surface area contributed by atoms with Gasteiger partial charge in [-0.2, -0.15) is 0 Å². The van der Waals surface area contributed by atoms with Gasteiger partial charge < -0.3 is 5.73 Å². The van der Waals surface area contributed by atoms with Gasteiger partial charge in [0.05, 0.1) is 0 Å². The lowest BCUT2D eigenvalue weighted by Gasteiger charge is -2.07. The van der Waals surface area contributed by atoms with E-state index in [1.807, 2.05) is 12.1 Å². The van der Waals surface area contributed by atoms with Crippen LogP contribution in [0.25, 0.3) is 11.1 Å². The summed E-state index contributed by atoms with van der Waals surface area (Å²) in [6.45, 7) is 4.30. The van der Waals surface area contributed by atoms with Crippen molar-refractivity contribution in [2.75, 3.05) is 0 Å². The average molecular weight is 267 g/mol. The summed E-state index contributed by atoms with van der Waals surface area (Å²) in [7, 11) is 0. The number of carbonyl (C=O) groups excluding carboxylic acids is 2. The second-order valence-corrected chi connectivity index (χ2v) is 5.05. The third kappa shape index (κ3) is 2.94. The average Bonchev–Trinajstić information content (AvgIpc) is 2.46. The minimum Gasteiger partial charge on any atom is -0.363 e. The van der Waals surface area contributed by atoms with Crippen LogP contribution in [0.15, 0.2) is 48.5 Å². The normalized spacial score (nSPS) is 10.6. The molecule has 2 aromatic carbocycles. The van der Waals surface area contributed by atoms with Gasteiger partial charge in [-0.3, -0.25) is 9.59 Å². The molecule has 0 saturated carbocycles. The fraction of sp³-hybridized carbons (Fsp3) is 0.176. The van der Waals surface area contributed by atoms with Crippen LogP contribution in [0, 0.1) is 0 Å². The number of primary amides is 1. The van der Waals surface area contributed by atoms with Gasteiger partial charge >= 0.3 is 0 Å². The maximum Gasteiger partial charge on any atom is 0.289 e. The van der Waals surface area contributed by atoms with Gasteiger partial charge in [-0.1, -0.05) is 62.4 Å². The highest BCUT2D eigenvalue weighted by molar-refractivity contribution is 6.42. The van der Waals surface area contributed by atoms with E-state index in [0.717, 1.165) is 11.1 Å². The lowest BCUT2D eigenvalue weighted by atomic mass is 9.98. The second-order valence-electron chi connectivity index (χ2n) is 5.05. The number of benzene rings is 2. The van der Waals surface area contributed by atoms with Crippen molar-refractivity contribution >= 4 is 11.7 Å². The van der Waals surface area contributed by atoms with Gasteiger partial charge in [0.2, 0.25) is 5.78 Å². The standard InChI is InChI=1S/C17H17NO2/c1-11(2)12-3-5-13(6-4-12)14-7-9-15(10-8-14)16(19)17(18)20/h3-11H,1-2H3,(H2,18,20). The van der Waals surface area contributed by atoms with Crippen molar-refractivity contribution in [2.45, 2.75) is 19.8 Å². The van der Waals surface area contributed by atoms with E-state index in [1.165, 1.54) is 5.56 Å². The summed E-state index contributed by atoms with van der Waals surface area (Å²) in [6.07, 6.45) is 0. The second kappa shape index (κ2) is 5.70. The predicted octanol–water partition coefficient (Wildman–Crippen LogP) is 3.15. The van der Waals surface area contributed by atoms with Crippen LogP contribution in [0.1, 0.15) is 35.7 Å². The first kappa shape index (κ1) is 14.0. The highest BCUT2D eigenvalue weighted by Crippen LogP contribution is 2.23. The molecule has 0 aliphatic rings. The van der Waals surface area contributed by atoms with E-state index in [1.54, 1.807) is 12.1 Å². The third-order valence-electron chi connectivity index (χ3n) is 3.28. The molecule has 2 rings (SSSR count). The van der Waals surface area contributed by atoms with Gasteiger partial charge in [-0.25, -0.2) is 0 Å². The summed E-state index contributed by atoms with van der Waals surface area (Å²) < 4.78 is 0. The van der Waals surface area contributed by atoms with Crippen LogP contribution in [0.3, 0.4) is 0 Å². The van der Waals surface area contributed by atoms with Gasteiger partial charge in [0.25, 0.3) is 5.91 Å². The van der Waals surface area contributed by atoms with Gasteiger partial charge in [0.15, 0.2) is 0 Å². The number of amides is 1. The molecule has 0 unspecified atom stereocenters. The van der Waals surface area contributed by atoms with Crippen LogP contribution in [0.5, 0.6) is 0 Å². The van der Waals surface area contributed by atoms with Gasteiger partial charge in [-0.15, -0.1) is 0 Å². The van der Waals surface area contributed by atoms with Crippen LogP contribution < -0.4 is 5.73 Å². The molecule has 3 heteroatoms. The Hall–Kier alpha value is -2.42. The van der Waals surface area contributed by atoms with Crippen molar-refractivity contribution in [3.05, 3.63) is 59.7 Å². The highest BCUT2D eigenvalue weighted by atomic mass is 16.2. The molecule has 0 aromatic heterocycles. The zero-order valence-electron chi connectivity index (χ0n) is 11.6. The summed E-state index contributed by atoms with van der Waals surface area (Å²) >= 11 is 0. The van der Waals surface area contributed by atoms with Crippen LogP contribution >= 0.6 is 0 Å². The van der Waals surface area contributed by atoms with E-state index in [-0.39, 0.29) is 0 Å². The molecule has 0 fully saturated rings. The van der Waals surface area contributed by atoms with E-state index in [2.05, 4.69) is 38.1 Å². The van der Waals surface area contributed by atoms with Crippen molar-refractivity contribution in [1.82, 2.24) is 0 Å². The fourth-order valence-electron chi connectivity index (χ4n) is 2.02. The van der Waals surface area contributed by atoms with Crippen LogP contribution in [0.2, 0.25) is 0 Å². The Morgan fingerprint density at radius 2 is 1.30 bits per heavy atom. The molecule has 20 heavy (non-hydrogen) atoms. The molecule has 1 amide bonds. The van der Waals surface area contributed by atoms with Crippen molar-refractivity contribution in [2.24, 2.45) is 5.73 Å². The maximum absolute atomic E-state index is 11.4. The largest absolute Gasteiger partial charge is 0.363 e. The molecule has 0 aliphatic heterocycles. The Bertz CT molecular complexity index is 625. The topological polar surface area (TPSA) is 60.2 Å². The minimum atomic E-state index is -0.931. The summed E-state index contributed by atoms with van der Waals surface area (Å²) in [5.74, 6) is -1.09. The fourth-order valence-corrected chi connectivity index (χ4v) is 2.02. The first-order valence-electron chi connectivity index (χ1n) is 6.53. The number of carbonyl (C=O) groups is 2. The smallest absolute Gasteiger partial charge is 0.289 e. The molecular weight excluding hydrogens is 250 g/mol. The SMILES string of the molecule is CC(C)c1ccc(-c2ccc(C(=O)C(N)=O)cc2)cc1. The van der Waals surface area contributed by atoms with E-state index < -0.39 is 11.7 Å². The number of rotatable bonds is 4. The Morgan fingerprint density at radius 1 is 0.850 bits per heavy atom. The third-order valence-corrected chi connectivity index (χ3v) is 3.28. The van der Waals surface area contributed by atoms with E-state index in [9.17, 15) is 9.59 Å². The Morgan fingerprint density at radius 3 is 1.70 bits per heavy atom. The highest BCUT2D eigenvalue weighted by Gasteiger charge is 2.11. The first-order valence-corrected chi connectivity index (χ1v) is 6.53. The van der Waals surface area contributed by atoms with Gasteiger partial charge in [0.1, 0.15) is 0 Å². The zero-order chi connectivity index (χ0) is 14.7. The number of ketones is 1. The predicted molar refractivity (Wildman–Crippen MR) is 79.5 cm³/mol. The van der Waals surface area contributed by atoms with E-state index in [4.69, 9.17) is 5.73 Å².